The third kappa shape index (κ3) is 3.93. The Kier molecular flexibility index (Phi) is 4.40. The Labute approximate surface area is 103 Å². The minimum absolute atomic E-state index is 0.187. The van der Waals surface area contributed by atoms with Gasteiger partial charge < -0.3 is 11.1 Å². The molecule has 0 aliphatic heterocycles. The third-order valence-electron chi connectivity index (χ3n) is 2.50. The Hall–Kier alpha value is -1.23. The van der Waals surface area contributed by atoms with E-state index in [4.69, 9.17) is 5.73 Å². The normalized spacial score (nSPS) is 11.8. The summed E-state index contributed by atoms with van der Waals surface area (Å²) in [6.07, 6.45) is 2.18. The Morgan fingerprint density at radius 3 is 2.53 bits per heavy atom. The van der Waals surface area contributed by atoms with Crippen LogP contribution in [0.15, 0.2) is 23.1 Å². The number of rotatable bonds is 5. The van der Waals surface area contributed by atoms with Crippen molar-refractivity contribution in [2.75, 3.05) is 23.9 Å². The van der Waals surface area contributed by atoms with Gasteiger partial charge in [0.2, 0.25) is 0 Å². The Morgan fingerprint density at radius 1 is 1.35 bits per heavy atom. The summed E-state index contributed by atoms with van der Waals surface area (Å²) in [5.74, 6) is 0.599. The molecule has 0 spiro atoms. The van der Waals surface area contributed by atoms with Crippen LogP contribution in [0.25, 0.3) is 0 Å². The van der Waals surface area contributed by atoms with Crippen LogP contribution in [0.5, 0.6) is 0 Å². The molecule has 0 radical (unpaired) electrons. The average Bonchev–Trinajstić information content (AvgIpc) is 2.18. The fraction of sp³-hybridized carbons (Fsp3) is 0.500. The molecule has 0 atom stereocenters. The minimum Gasteiger partial charge on any atom is -0.396 e. The second-order valence-corrected chi connectivity index (χ2v) is 6.58. The first kappa shape index (κ1) is 13.8. The van der Waals surface area contributed by atoms with Crippen LogP contribution in [0.2, 0.25) is 0 Å². The van der Waals surface area contributed by atoms with Crippen LogP contribution >= 0.6 is 0 Å². The predicted molar refractivity (Wildman–Crippen MR) is 71.9 cm³/mol. The first-order valence-corrected chi connectivity index (χ1v) is 7.54. The molecule has 0 aromatic heterocycles. The number of nitrogens with two attached hydrogens (primary N) is 1. The Morgan fingerprint density at radius 2 is 2.00 bits per heavy atom. The Balaban J connectivity index is 2.88. The highest BCUT2D eigenvalue weighted by Crippen LogP contribution is 2.26. The van der Waals surface area contributed by atoms with Crippen LogP contribution < -0.4 is 11.1 Å². The van der Waals surface area contributed by atoms with Gasteiger partial charge in [0.15, 0.2) is 9.84 Å². The number of nitrogen functional groups attached to an aromatic ring is 1. The molecule has 0 aliphatic carbocycles. The van der Waals surface area contributed by atoms with Gasteiger partial charge in [-0.15, -0.1) is 0 Å². The van der Waals surface area contributed by atoms with Crippen molar-refractivity contribution in [1.29, 1.82) is 0 Å². The zero-order valence-corrected chi connectivity index (χ0v) is 11.3. The van der Waals surface area contributed by atoms with Crippen molar-refractivity contribution in [2.45, 2.75) is 25.2 Å². The summed E-state index contributed by atoms with van der Waals surface area (Å²) in [6, 6.07) is 5.02. The highest BCUT2D eigenvalue weighted by atomic mass is 32.2. The molecule has 0 saturated heterocycles. The summed E-state index contributed by atoms with van der Waals surface area (Å²) >= 11 is 0. The van der Waals surface area contributed by atoms with E-state index in [1.807, 2.05) is 0 Å². The lowest BCUT2D eigenvalue weighted by Crippen LogP contribution is -2.09. The van der Waals surface area contributed by atoms with E-state index in [2.05, 4.69) is 19.2 Å². The highest BCUT2D eigenvalue weighted by Gasteiger charge is 2.13. The maximum atomic E-state index is 11.5. The standard InChI is InChI=1S/C12H20N2O2S/c1-9(2)7-8-14-10-5-4-6-11(12(10)13)17(3,15)16/h4-6,9,14H,7-8,13H2,1-3H3. The summed E-state index contributed by atoms with van der Waals surface area (Å²) in [5.41, 5.74) is 6.84. The predicted octanol–water partition coefficient (Wildman–Crippen LogP) is 2.13. The van der Waals surface area contributed by atoms with Crippen molar-refractivity contribution in [3.05, 3.63) is 18.2 Å². The third-order valence-corrected chi connectivity index (χ3v) is 3.66. The van der Waals surface area contributed by atoms with Crippen LogP contribution in [0.4, 0.5) is 11.4 Å². The number of hydrogen-bond acceptors (Lipinski definition) is 4. The first-order chi connectivity index (χ1) is 7.82. The molecule has 0 fully saturated rings. The van der Waals surface area contributed by atoms with Gasteiger partial charge in [0, 0.05) is 12.8 Å². The largest absolute Gasteiger partial charge is 0.396 e. The number of nitrogens with one attached hydrogen (secondary N) is 1. The van der Waals surface area contributed by atoms with Crippen LogP contribution in [-0.4, -0.2) is 21.2 Å². The molecule has 0 bridgehead atoms. The number of sulfone groups is 1. The zero-order chi connectivity index (χ0) is 13.1. The van der Waals surface area contributed by atoms with Crippen molar-refractivity contribution in [1.82, 2.24) is 0 Å². The van der Waals surface area contributed by atoms with Crippen LogP contribution in [0.1, 0.15) is 20.3 Å². The molecule has 4 nitrogen and oxygen atoms in total. The fourth-order valence-electron chi connectivity index (χ4n) is 1.52. The van der Waals surface area contributed by atoms with Gasteiger partial charge in [-0.25, -0.2) is 8.42 Å². The number of para-hydroxylation sites is 1. The minimum atomic E-state index is -3.26. The summed E-state index contributed by atoms with van der Waals surface area (Å²) in [4.78, 5) is 0.187. The molecule has 17 heavy (non-hydrogen) atoms. The van der Waals surface area contributed by atoms with E-state index in [0.717, 1.165) is 19.2 Å². The monoisotopic (exact) mass is 256 g/mol. The molecular weight excluding hydrogens is 236 g/mol. The van der Waals surface area contributed by atoms with Gasteiger partial charge in [0.1, 0.15) is 0 Å². The smallest absolute Gasteiger partial charge is 0.177 e. The van der Waals surface area contributed by atoms with Gasteiger partial charge >= 0.3 is 0 Å². The molecule has 0 aliphatic rings. The van der Waals surface area contributed by atoms with Crippen molar-refractivity contribution in [2.24, 2.45) is 5.92 Å². The van der Waals surface area contributed by atoms with Gasteiger partial charge in [-0.3, -0.25) is 0 Å². The summed E-state index contributed by atoms with van der Waals surface area (Å²) in [7, 11) is -3.26. The maximum Gasteiger partial charge on any atom is 0.177 e. The van der Waals surface area contributed by atoms with Crippen LogP contribution in [0, 0.1) is 5.92 Å². The lowest BCUT2D eigenvalue weighted by Gasteiger charge is -2.12. The van der Waals surface area contributed by atoms with Gasteiger partial charge in [0.25, 0.3) is 0 Å². The number of benzene rings is 1. The van der Waals surface area contributed by atoms with E-state index in [1.165, 1.54) is 6.07 Å². The van der Waals surface area contributed by atoms with E-state index in [9.17, 15) is 8.42 Å². The first-order valence-electron chi connectivity index (χ1n) is 5.64. The fourth-order valence-corrected chi connectivity index (χ4v) is 2.35. The lowest BCUT2D eigenvalue weighted by atomic mass is 10.1. The lowest BCUT2D eigenvalue weighted by molar-refractivity contribution is 0.601. The average molecular weight is 256 g/mol. The molecule has 1 aromatic carbocycles. The highest BCUT2D eigenvalue weighted by molar-refractivity contribution is 7.90. The van der Waals surface area contributed by atoms with E-state index < -0.39 is 9.84 Å². The van der Waals surface area contributed by atoms with Crippen molar-refractivity contribution in [3.8, 4) is 0 Å². The molecule has 1 aromatic rings. The van der Waals surface area contributed by atoms with Gasteiger partial charge in [-0.05, 0) is 24.5 Å². The topological polar surface area (TPSA) is 72.2 Å². The SMILES string of the molecule is CC(C)CCNc1cccc(S(C)(=O)=O)c1N. The number of hydrogen-bond donors (Lipinski definition) is 2. The van der Waals surface area contributed by atoms with Gasteiger partial charge in [-0.2, -0.15) is 0 Å². The summed E-state index contributed by atoms with van der Waals surface area (Å²) in [5, 5.41) is 3.17. The molecule has 1 rings (SSSR count). The molecular formula is C12H20N2O2S. The molecule has 0 amide bonds. The van der Waals surface area contributed by atoms with Crippen molar-refractivity contribution < 1.29 is 8.42 Å². The van der Waals surface area contributed by atoms with Crippen molar-refractivity contribution >= 4 is 21.2 Å². The molecule has 3 N–H and O–H groups in total. The number of anilines is 2. The second-order valence-electron chi connectivity index (χ2n) is 4.60. The maximum absolute atomic E-state index is 11.5. The molecule has 0 unspecified atom stereocenters. The van der Waals surface area contributed by atoms with Gasteiger partial charge in [-0.1, -0.05) is 19.9 Å². The van der Waals surface area contributed by atoms with Crippen LogP contribution in [0.3, 0.4) is 0 Å². The molecule has 5 heteroatoms. The van der Waals surface area contributed by atoms with Crippen LogP contribution in [-0.2, 0) is 9.84 Å². The summed E-state index contributed by atoms with van der Waals surface area (Å²) in [6.45, 7) is 5.06. The molecule has 0 heterocycles. The van der Waals surface area contributed by atoms with Crippen molar-refractivity contribution in [3.63, 3.8) is 0 Å². The quantitative estimate of drug-likeness (QED) is 0.792. The summed E-state index contributed by atoms with van der Waals surface area (Å²) < 4.78 is 23.0. The van der Waals surface area contributed by atoms with Gasteiger partial charge in [0.05, 0.1) is 16.3 Å². The Bertz CT molecular complexity index is 481. The zero-order valence-electron chi connectivity index (χ0n) is 10.5. The second kappa shape index (κ2) is 5.40. The van der Waals surface area contributed by atoms with E-state index in [0.29, 0.717) is 17.3 Å². The molecule has 0 saturated carbocycles. The van der Waals surface area contributed by atoms with E-state index in [1.54, 1.807) is 12.1 Å². The van der Waals surface area contributed by atoms with E-state index >= 15 is 0 Å². The molecule has 96 valence electrons. The van der Waals surface area contributed by atoms with E-state index in [-0.39, 0.29) is 4.90 Å².